The van der Waals surface area contributed by atoms with Gasteiger partial charge in [0.15, 0.2) is 55.5 Å². The van der Waals surface area contributed by atoms with Gasteiger partial charge in [-0.2, -0.15) is 0 Å². The average Bonchev–Trinajstić information content (AvgIpc) is 3.23. The zero-order valence-corrected chi connectivity index (χ0v) is 40.5. The van der Waals surface area contributed by atoms with E-state index < -0.39 is 166 Å². The summed E-state index contributed by atoms with van der Waals surface area (Å²) < 4.78 is 86.9. The minimum atomic E-state index is -2.01. The van der Waals surface area contributed by atoms with Gasteiger partial charge >= 0.3 is 53.7 Å². The molecule has 3 saturated heterocycles. The summed E-state index contributed by atoms with van der Waals surface area (Å²) in [6.45, 7) is 9.48. The minimum absolute atomic E-state index is 0.0632. The summed E-state index contributed by atoms with van der Waals surface area (Å²) in [5.41, 5.74) is 0. The van der Waals surface area contributed by atoms with Gasteiger partial charge in [0.1, 0.15) is 56.4 Å². The molecule has 0 saturated carbocycles. The summed E-state index contributed by atoms with van der Waals surface area (Å²) in [4.78, 5) is 113. The van der Waals surface area contributed by atoms with Crippen molar-refractivity contribution in [2.75, 3.05) is 26.4 Å². The maximum absolute atomic E-state index is 13.1. The number of hydrogen-bond donors (Lipinski definition) is 1. The van der Waals surface area contributed by atoms with E-state index in [1.54, 1.807) is 0 Å². The van der Waals surface area contributed by atoms with Crippen LogP contribution in [0.3, 0.4) is 0 Å². The summed E-state index contributed by atoms with van der Waals surface area (Å²) >= 11 is 0. The summed E-state index contributed by atoms with van der Waals surface area (Å²) in [5, 5.41) is 11.6. The van der Waals surface area contributed by atoms with Crippen LogP contribution in [0.1, 0.15) is 108 Å². The molecule has 0 radical (unpaired) electrons. The zero-order valence-electron chi connectivity index (χ0n) is 40.5. The van der Waals surface area contributed by atoms with Crippen molar-refractivity contribution < 1.29 is 119 Å². The van der Waals surface area contributed by atoms with Crippen LogP contribution < -0.4 is 0 Å². The number of carbonyl (C=O) groups excluding carboxylic acids is 9. The Morgan fingerprint density at radius 3 is 1.10 bits per heavy atom. The largest absolute Gasteiger partial charge is 0.463 e. The van der Waals surface area contributed by atoms with Crippen LogP contribution in [0.25, 0.3) is 0 Å². The predicted molar refractivity (Wildman–Crippen MR) is 224 cm³/mol. The average molecular weight is 995 g/mol. The molecule has 3 heterocycles. The highest BCUT2D eigenvalue weighted by Gasteiger charge is 2.59. The molecule has 0 aliphatic carbocycles. The fourth-order valence-electron chi connectivity index (χ4n) is 7.66. The Morgan fingerprint density at radius 1 is 0.377 bits per heavy atom. The molecule has 3 aliphatic rings. The van der Waals surface area contributed by atoms with E-state index in [1.807, 2.05) is 0 Å². The topological polar surface area (TPSA) is 312 Å². The highest BCUT2D eigenvalue weighted by Crippen LogP contribution is 2.38. The van der Waals surface area contributed by atoms with Crippen LogP contribution >= 0.6 is 0 Å². The molecular formula is C44H66O25. The summed E-state index contributed by atoms with van der Waals surface area (Å²) in [7, 11) is 0. The Kier molecular flexibility index (Phi) is 24.1. The van der Waals surface area contributed by atoms with Gasteiger partial charge in [0.05, 0.1) is 0 Å². The number of aliphatic hydroxyl groups excluding tert-OH is 1. The number of rotatable bonds is 24. The lowest BCUT2D eigenvalue weighted by Gasteiger charge is -2.50. The summed E-state index contributed by atoms with van der Waals surface area (Å²) in [5.74, 6) is -8.16. The van der Waals surface area contributed by atoms with Crippen molar-refractivity contribution in [2.45, 2.75) is 200 Å². The number of esters is 9. The maximum atomic E-state index is 13.1. The van der Waals surface area contributed by atoms with Gasteiger partial charge in [-0.05, 0) is 6.42 Å². The van der Waals surface area contributed by atoms with E-state index in [4.69, 9.17) is 71.1 Å². The Balaban J connectivity index is 2.28. The van der Waals surface area contributed by atoms with Crippen molar-refractivity contribution in [2.24, 2.45) is 0 Å². The molecule has 25 heteroatoms. The highest BCUT2D eigenvalue weighted by atomic mass is 16.8. The van der Waals surface area contributed by atoms with Gasteiger partial charge in [0.2, 0.25) is 0 Å². The van der Waals surface area contributed by atoms with Crippen LogP contribution in [0.5, 0.6) is 0 Å². The first kappa shape index (κ1) is 58.3. The fourth-order valence-corrected chi connectivity index (χ4v) is 7.66. The fraction of sp³-hybridized carbons (Fsp3) is 0.795. The van der Waals surface area contributed by atoms with Gasteiger partial charge in [-0.1, -0.05) is 39.0 Å². The number of carbonyl (C=O) groups is 9. The van der Waals surface area contributed by atoms with Crippen LogP contribution in [-0.2, 0) is 114 Å². The lowest BCUT2D eigenvalue weighted by atomic mass is 9.95. The van der Waals surface area contributed by atoms with Gasteiger partial charge in [0, 0.05) is 68.9 Å². The predicted octanol–water partition coefficient (Wildman–Crippen LogP) is 0.949. The molecule has 1 N–H and O–H groups in total. The molecule has 0 bridgehead atoms. The van der Waals surface area contributed by atoms with Crippen molar-refractivity contribution in [3.63, 3.8) is 0 Å². The molecule has 3 rings (SSSR count). The third-order valence-corrected chi connectivity index (χ3v) is 10.3. The first-order valence-corrected chi connectivity index (χ1v) is 22.5. The van der Waals surface area contributed by atoms with Crippen molar-refractivity contribution in [1.82, 2.24) is 0 Å². The quantitative estimate of drug-likeness (QED) is 0.0799. The normalized spacial score (nSPS) is 30.9. The minimum Gasteiger partial charge on any atom is -0.463 e. The van der Waals surface area contributed by atoms with E-state index in [0.717, 1.165) is 94.4 Å². The maximum Gasteiger partial charge on any atom is 0.303 e. The molecule has 0 spiro atoms. The van der Waals surface area contributed by atoms with E-state index in [9.17, 15) is 48.3 Å². The van der Waals surface area contributed by atoms with E-state index in [2.05, 4.69) is 6.92 Å². The first-order valence-electron chi connectivity index (χ1n) is 22.5. The van der Waals surface area contributed by atoms with Crippen LogP contribution in [0.4, 0.5) is 0 Å². The molecule has 3 aliphatic heterocycles. The Hall–Kier alpha value is -5.05. The van der Waals surface area contributed by atoms with Gasteiger partial charge in [-0.25, -0.2) is 0 Å². The molecule has 392 valence electrons. The lowest BCUT2D eigenvalue weighted by Crippen LogP contribution is -2.69. The molecule has 0 aromatic heterocycles. The number of ether oxygens (including phenoxy) is 15. The van der Waals surface area contributed by atoms with E-state index in [-0.39, 0.29) is 6.61 Å². The number of aliphatic hydroxyl groups is 1. The molecule has 0 aromatic carbocycles. The molecule has 0 aromatic rings. The monoisotopic (exact) mass is 994 g/mol. The number of hydrogen-bond acceptors (Lipinski definition) is 25. The van der Waals surface area contributed by atoms with Crippen LogP contribution in [-0.4, -0.2) is 177 Å². The van der Waals surface area contributed by atoms with Crippen molar-refractivity contribution in [1.29, 1.82) is 0 Å². The Morgan fingerprint density at radius 2 is 0.696 bits per heavy atom. The van der Waals surface area contributed by atoms with Gasteiger partial charge in [0.25, 0.3) is 0 Å². The zero-order chi connectivity index (χ0) is 51.5. The third kappa shape index (κ3) is 19.0. The molecule has 25 nitrogen and oxygen atoms in total. The molecule has 69 heavy (non-hydrogen) atoms. The van der Waals surface area contributed by atoms with Crippen molar-refractivity contribution in [3.8, 4) is 0 Å². The molecule has 15 atom stereocenters. The second-order valence-electron chi connectivity index (χ2n) is 16.3. The van der Waals surface area contributed by atoms with E-state index in [0.29, 0.717) is 6.42 Å². The van der Waals surface area contributed by atoms with Crippen molar-refractivity contribution >= 4 is 53.7 Å². The first-order chi connectivity index (χ1) is 32.5. The second-order valence-corrected chi connectivity index (χ2v) is 16.3. The van der Waals surface area contributed by atoms with Gasteiger partial charge < -0.3 is 76.2 Å². The molecule has 3 fully saturated rings. The van der Waals surface area contributed by atoms with Crippen LogP contribution in [0.15, 0.2) is 0 Å². The number of unbranched alkanes of at least 4 members (excludes halogenated alkanes) is 5. The van der Waals surface area contributed by atoms with E-state index in [1.165, 1.54) is 0 Å². The molecule has 0 amide bonds. The lowest BCUT2D eigenvalue weighted by molar-refractivity contribution is -0.381. The Bertz CT molecular complexity index is 1750. The Labute approximate surface area is 398 Å². The highest BCUT2D eigenvalue weighted by molar-refractivity contribution is 5.69. The molecule has 0 unspecified atom stereocenters. The van der Waals surface area contributed by atoms with Crippen molar-refractivity contribution in [3.05, 3.63) is 0 Å². The summed E-state index contributed by atoms with van der Waals surface area (Å²) in [6, 6.07) is 0. The van der Waals surface area contributed by atoms with Gasteiger partial charge in [-0.3, -0.25) is 43.2 Å². The van der Waals surface area contributed by atoms with E-state index >= 15 is 0 Å². The van der Waals surface area contributed by atoms with Gasteiger partial charge in [-0.15, -0.1) is 0 Å². The standard InChI is InChI=1S/C44H66O25/c1-11-12-13-14-15-16-17-55-42-40(63-28(9)52)38(35(60-25(6)49)31(65-42)19-57-22(3)46)69-44-41(64-29(10)53)39(36(61-26(7)50)32(67-44)20-58-23(4)47)68-43-37(62-27(8)51)33(54)34(59-24(5)48)30(66-43)18-56-21(2)45/h30-44,54H,11-20H2,1-10H3/t30-,31-,32-,33+,34-,35-,36-,37-,38+,39+,40-,41-,42-,43+,44+/m1/s1. The van der Waals surface area contributed by atoms with Crippen LogP contribution in [0, 0.1) is 0 Å². The smallest absolute Gasteiger partial charge is 0.303 e. The van der Waals surface area contributed by atoms with Crippen LogP contribution in [0.2, 0.25) is 0 Å². The molecular weight excluding hydrogens is 928 g/mol. The summed E-state index contributed by atoms with van der Waals surface area (Å²) in [6.07, 6.45) is -21.0. The second kappa shape index (κ2) is 28.6. The SMILES string of the molecule is CCCCCCCCO[C@@H]1O[C@H](COC(C)=O)[C@@H](OC(C)=O)[C@H](O[C@@H]2O[C@H](COC(C)=O)[C@@H](OC(C)=O)[C@H](O[C@@H]3O[C@H](COC(C)=O)[C@@H](OC(C)=O)[C@H](O)[C@H]3OC(C)=O)[C@H]2OC(C)=O)[C@H]1OC(C)=O. The third-order valence-electron chi connectivity index (χ3n) is 10.3.